The third kappa shape index (κ3) is 2.34. The number of likely N-dealkylation sites (N-methyl/N-ethyl adjacent to an activating group) is 1. The maximum atomic E-state index is 11.9. The molecule has 1 saturated heterocycles. The number of hydrogen-bond acceptors (Lipinski definition) is 2. The van der Waals surface area contributed by atoms with Crippen LogP contribution in [0.3, 0.4) is 0 Å². The Morgan fingerprint density at radius 3 is 2.55 bits per heavy atom. The summed E-state index contributed by atoms with van der Waals surface area (Å²) in [7, 11) is 1.62. The molecule has 1 atom stereocenters. The van der Waals surface area contributed by atoms with Gasteiger partial charge >= 0.3 is 6.18 Å². The first-order chi connectivity index (χ1) is 5.00. The van der Waals surface area contributed by atoms with E-state index in [9.17, 15) is 13.2 Å². The van der Waals surface area contributed by atoms with Crippen molar-refractivity contribution in [2.75, 3.05) is 20.1 Å². The zero-order valence-corrected chi connectivity index (χ0v) is 6.06. The van der Waals surface area contributed by atoms with E-state index in [-0.39, 0.29) is 6.54 Å². The van der Waals surface area contributed by atoms with Crippen LogP contribution in [0, 0.1) is 6.61 Å². The first-order valence-corrected chi connectivity index (χ1v) is 3.22. The Kier molecular flexibility index (Phi) is 2.39. The Hall–Kier alpha value is -0.290. The highest BCUT2D eigenvalue weighted by Gasteiger charge is 2.42. The van der Waals surface area contributed by atoms with Crippen molar-refractivity contribution >= 4 is 0 Å². The molecule has 0 saturated carbocycles. The molecule has 1 unspecified atom stereocenters. The molecule has 11 heavy (non-hydrogen) atoms. The van der Waals surface area contributed by atoms with Crippen LogP contribution in [-0.4, -0.2) is 37.3 Å². The SMILES string of the molecule is CN1C[CH]OC(C(F)(F)F)C1. The van der Waals surface area contributed by atoms with Crippen molar-refractivity contribution in [1.29, 1.82) is 0 Å². The summed E-state index contributed by atoms with van der Waals surface area (Å²) in [6, 6.07) is 0. The quantitative estimate of drug-likeness (QED) is 0.536. The molecule has 0 aliphatic carbocycles. The topological polar surface area (TPSA) is 12.5 Å². The molecule has 1 rings (SSSR count). The Balaban J connectivity index is 2.46. The highest BCUT2D eigenvalue weighted by Crippen LogP contribution is 2.25. The van der Waals surface area contributed by atoms with Gasteiger partial charge in [0.2, 0.25) is 0 Å². The third-order valence-corrected chi connectivity index (χ3v) is 1.49. The first-order valence-electron chi connectivity index (χ1n) is 3.22. The molecule has 1 fully saturated rings. The van der Waals surface area contributed by atoms with E-state index in [1.54, 1.807) is 11.9 Å². The van der Waals surface area contributed by atoms with Crippen molar-refractivity contribution in [2.24, 2.45) is 0 Å². The molecule has 0 aromatic carbocycles. The van der Waals surface area contributed by atoms with Crippen LogP contribution in [0.1, 0.15) is 0 Å². The number of halogens is 3. The van der Waals surface area contributed by atoms with E-state index in [0.29, 0.717) is 6.54 Å². The molecule has 65 valence electrons. The Morgan fingerprint density at radius 2 is 2.18 bits per heavy atom. The van der Waals surface area contributed by atoms with Crippen molar-refractivity contribution in [2.45, 2.75) is 12.3 Å². The van der Waals surface area contributed by atoms with E-state index in [1.807, 2.05) is 0 Å². The normalized spacial score (nSPS) is 28.9. The van der Waals surface area contributed by atoms with Gasteiger partial charge in [0, 0.05) is 13.1 Å². The van der Waals surface area contributed by atoms with Gasteiger partial charge in [-0.1, -0.05) is 0 Å². The second kappa shape index (κ2) is 2.98. The van der Waals surface area contributed by atoms with E-state index >= 15 is 0 Å². The summed E-state index contributed by atoms with van der Waals surface area (Å²) in [6.07, 6.45) is -5.90. The molecule has 1 radical (unpaired) electrons. The summed E-state index contributed by atoms with van der Waals surface area (Å²) in [6.45, 7) is 1.55. The molecule has 2 nitrogen and oxygen atoms in total. The zero-order chi connectivity index (χ0) is 8.48. The van der Waals surface area contributed by atoms with Crippen LogP contribution in [0.25, 0.3) is 0 Å². The van der Waals surface area contributed by atoms with Crippen LogP contribution in [0.15, 0.2) is 0 Å². The van der Waals surface area contributed by atoms with Crippen LogP contribution in [-0.2, 0) is 4.74 Å². The molecule has 1 aliphatic heterocycles. The smallest absolute Gasteiger partial charge is 0.360 e. The molecule has 0 amide bonds. The zero-order valence-electron chi connectivity index (χ0n) is 6.06. The van der Waals surface area contributed by atoms with Gasteiger partial charge in [0.05, 0.1) is 6.61 Å². The van der Waals surface area contributed by atoms with Crippen LogP contribution in [0.2, 0.25) is 0 Å². The summed E-state index contributed by atoms with van der Waals surface area (Å²) in [5.41, 5.74) is 0. The standard InChI is InChI=1S/C6H9F3NO/c1-10-2-3-11-5(4-10)6(7,8)9/h3,5H,2,4H2,1H3. The highest BCUT2D eigenvalue weighted by atomic mass is 19.4. The monoisotopic (exact) mass is 168 g/mol. The van der Waals surface area contributed by atoms with Crippen LogP contribution in [0.4, 0.5) is 13.2 Å². The predicted octanol–water partition coefficient (Wildman–Crippen LogP) is 1.04. The van der Waals surface area contributed by atoms with Gasteiger partial charge in [-0.15, -0.1) is 0 Å². The molecule has 1 heterocycles. The maximum absolute atomic E-state index is 11.9. The van der Waals surface area contributed by atoms with Gasteiger partial charge in [-0.05, 0) is 7.05 Å². The summed E-state index contributed by atoms with van der Waals surface area (Å²) >= 11 is 0. The van der Waals surface area contributed by atoms with Crippen LogP contribution < -0.4 is 0 Å². The van der Waals surface area contributed by atoms with E-state index in [0.717, 1.165) is 0 Å². The lowest BCUT2D eigenvalue weighted by molar-refractivity contribution is -0.224. The fourth-order valence-electron chi connectivity index (χ4n) is 0.868. The van der Waals surface area contributed by atoms with Gasteiger partial charge in [0.25, 0.3) is 0 Å². The molecule has 0 aromatic heterocycles. The molecule has 0 bridgehead atoms. The summed E-state index contributed by atoms with van der Waals surface area (Å²) in [4.78, 5) is 1.56. The second-order valence-electron chi connectivity index (χ2n) is 2.55. The van der Waals surface area contributed by atoms with E-state index in [2.05, 4.69) is 4.74 Å². The second-order valence-corrected chi connectivity index (χ2v) is 2.55. The number of alkyl halides is 3. The molecular weight excluding hydrogens is 159 g/mol. The summed E-state index contributed by atoms with van der Waals surface area (Å²) in [5, 5.41) is 0. The predicted molar refractivity (Wildman–Crippen MR) is 32.7 cm³/mol. The number of hydrogen-bond donors (Lipinski definition) is 0. The number of ether oxygens (including phenoxy) is 1. The summed E-state index contributed by atoms with van der Waals surface area (Å²) < 4.78 is 40.2. The lowest BCUT2D eigenvalue weighted by atomic mass is 10.3. The van der Waals surface area contributed by atoms with E-state index in [1.165, 1.54) is 6.61 Å². The third-order valence-electron chi connectivity index (χ3n) is 1.49. The maximum Gasteiger partial charge on any atom is 0.415 e. The number of rotatable bonds is 0. The Bertz CT molecular complexity index is 136. The van der Waals surface area contributed by atoms with Gasteiger partial charge < -0.3 is 9.64 Å². The van der Waals surface area contributed by atoms with Gasteiger partial charge in [0.15, 0.2) is 6.10 Å². The van der Waals surface area contributed by atoms with Crippen molar-refractivity contribution in [3.05, 3.63) is 6.61 Å². The lowest BCUT2D eigenvalue weighted by Gasteiger charge is -2.30. The molecule has 0 aromatic rings. The van der Waals surface area contributed by atoms with Gasteiger partial charge in [0.1, 0.15) is 0 Å². The molecule has 1 aliphatic rings. The average Bonchev–Trinajstić information content (AvgIpc) is 1.86. The lowest BCUT2D eigenvalue weighted by Crippen LogP contribution is -2.45. The van der Waals surface area contributed by atoms with Crippen LogP contribution >= 0.6 is 0 Å². The van der Waals surface area contributed by atoms with Gasteiger partial charge in [-0.3, -0.25) is 0 Å². The Labute approximate surface area is 62.9 Å². The van der Waals surface area contributed by atoms with Crippen molar-refractivity contribution in [3.8, 4) is 0 Å². The fourth-order valence-corrected chi connectivity index (χ4v) is 0.868. The van der Waals surface area contributed by atoms with Crippen LogP contribution in [0.5, 0.6) is 0 Å². The van der Waals surface area contributed by atoms with Crippen molar-refractivity contribution in [3.63, 3.8) is 0 Å². The molecule has 5 heteroatoms. The minimum absolute atomic E-state index is 0.0833. The highest BCUT2D eigenvalue weighted by molar-refractivity contribution is 4.79. The average molecular weight is 168 g/mol. The molecular formula is C6H9F3NO. The van der Waals surface area contributed by atoms with Gasteiger partial charge in [-0.2, -0.15) is 13.2 Å². The van der Waals surface area contributed by atoms with E-state index in [4.69, 9.17) is 0 Å². The molecule has 0 N–H and O–H groups in total. The first kappa shape index (κ1) is 8.80. The molecule has 0 spiro atoms. The minimum Gasteiger partial charge on any atom is -0.360 e. The van der Waals surface area contributed by atoms with Crippen molar-refractivity contribution in [1.82, 2.24) is 4.90 Å². The fraction of sp³-hybridized carbons (Fsp3) is 0.833. The summed E-state index contributed by atoms with van der Waals surface area (Å²) in [5.74, 6) is 0. The Morgan fingerprint density at radius 1 is 1.55 bits per heavy atom. The number of nitrogens with zero attached hydrogens (tertiary/aromatic N) is 1. The van der Waals surface area contributed by atoms with Gasteiger partial charge in [-0.25, -0.2) is 0 Å². The minimum atomic E-state index is -4.24. The van der Waals surface area contributed by atoms with Crippen molar-refractivity contribution < 1.29 is 17.9 Å². The number of morpholine rings is 1. The van der Waals surface area contributed by atoms with E-state index < -0.39 is 12.3 Å². The largest absolute Gasteiger partial charge is 0.415 e.